The number of fused-ring (bicyclic) bond motifs is 1. The number of ether oxygens (including phenoxy) is 3. The number of amides is 4. The van der Waals surface area contributed by atoms with Crippen LogP contribution in [0, 0.1) is 10.1 Å². The molecule has 0 saturated carbocycles. The Hall–Kier alpha value is -4.45. The molecule has 3 aliphatic rings. The maximum atomic E-state index is 13.1. The monoisotopic (exact) mass is 466 g/mol. The third-order valence-electron chi connectivity index (χ3n) is 5.57. The van der Waals surface area contributed by atoms with Gasteiger partial charge >= 0.3 is 6.03 Å². The smallest absolute Gasteiger partial charge is 0.335 e. The Morgan fingerprint density at radius 3 is 2.53 bits per heavy atom. The van der Waals surface area contributed by atoms with E-state index in [-0.39, 0.29) is 29.3 Å². The molecule has 4 amide bonds. The molecule has 1 N–H and O–H groups in total. The highest BCUT2D eigenvalue weighted by Gasteiger charge is 2.37. The Kier molecular flexibility index (Phi) is 5.34. The summed E-state index contributed by atoms with van der Waals surface area (Å²) in [6.45, 7) is 1.95. The SMILES string of the molecule is O=C1NC(=O)N(c2ccc3c(c2)OCO3)C(=O)/C1=C/c1ccc(N2CCOCC2)c([N+](=O)[O-])c1. The van der Waals surface area contributed by atoms with E-state index in [0.29, 0.717) is 43.5 Å². The summed E-state index contributed by atoms with van der Waals surface area (Å²) in [4.78, 5) is 51.9. The fourth-order valence-electron chi connectivity index (χ4n) is 3.93. The number of carbonyl (C=O) groups is 3. The second-order valence-corrected chi connectivity index (χ2v) is 7.60. The summed E-state index contributed by atoms with van der Waals surface area (Å²) in [5.74, 6) is -0.942. The first-order chi connectivity index (χ1) is 16.4. The lowest BCUT2D eigenvalue weighted by Crippen LogP contribution is -2.54. The molecule has 3 aliphatic heterocycles. The van der Waals surface area contributed by atoms with Gasteiger partial charge in [0.2, 0.25) is 6.79 Å². The zero-order chi connectivity index (χ0) is 23.8. The second kappa shape index (κ2) is 8.48. The molecule has 0 radical (unpaired) electrons. The number of imide groups is 2. The summed E-state index contributed by atoms with van der Waals surface area (Å²) >= 11 is 0. The Morgan fingerprint density at radius 1 is 1.00 bits per heavy atom. The molecule has 12 nitrogen and oxygen atoms in total. The molecule has 2 saturated heterocycles. The first-order valence-corrected chi connectivity index (χ1v) is 10.3. The number of carbonyl (C=O) groups excluding carboxylic acids is 3. The number of nitro benzene ring substituents is 1. The van der Waals surface area contributed by atoms with E-state index in [1.807, 2.05) is 4.90 Å². The average Bonchev–Trinajstić information content (AvgIpc) is 3.30. The lowest BCUT2D eigenvalue weighted by molar-refractivity contribution is -0.384. The molecule has 3 heterocycles. The molecule has 5 rings (SSSR count). The van der Waals surface area contributed by atoms with Gasteiger partial charge in [0.05, 0.1) is 23.8 Å². The molecule has 0 unspecified atom stereocenters. The molecule has 2 aromatic rings. The van der Waals surface area contributed by atoms with Gasteiger partial charge < -0.3 is 19.1 Å². The minimum Gasteiger partial charge on any atom is -0.454 e. The normalized spacial score (nSPS) is 18.9. The van der Waals surface area contributed by atoms with Gasteiger partial charge in [-0.15, -0.1) is 0 Å². The van der Waals surface area contributed by atoms with Crippen LogP contribution in [-0.4, -0.2) is 55.9 Å². The molecule has 0 atom stereocenters. The molecule has 34 heavy (non-hydrogen) atoms. The van der Waals surface area contributed by atoms with Crippen LogP contribution in [0.1, 0.15) is 5.56 Å². The van der Waals surface area contributed by atoms with E-state index in [2.05, 4.69) is 5.32 Å². The van der Waals surface area contributed by atoms with E-state index < -0.39 is 22.8 Å². The van der Waals surface area contributed by atoms with Crippen molar-refractivity contribution in [2.24, 2.45) is 0 Å². The minimum atomic E-state index is -0.917. The maximum Gasteiger partial charge on any atom is 0.335 e. The fourth-order valence-corrected chi connectivity index (χ4v) is 3.93. The summed E-state index contributed by atoms with van der Waals surface area (Å²) < 4.78 is 15.8. The van der Waals surface area contributed by atoms with E-state index in [1.54, 1.807) is 18.2 Å². The highest BCUT2D eigenvalue weighted by atomic mass is 16.7. The molecule has 0 aromatic heterocycles. The van der Waals surface area contributed by atoms with Gasteiger partial charge in [-0.3, -0.25) is 25.0 Å². The van der Waals surface area contributed by atoms with Crippen molar-refractivity contribution in [3.05, 3.63) is 57.6 Å². The van der Waals surface area contributed by atoms with Gasteiger partial charge in [0.25, 0.3) is 17.5 Å². The number of barbiturate groups is 1. The summed E-state index contributed by atoms with van der Waals surface area (Å²) in [6, 6.07) is 8.01. The van der Waals surface area contributed by atoms with Gasteiger partial charge in [-0.2, -0.15) is 0 Å². The van der Waals surface area contributed by atoms with Crippen LogP contribution >= 0.6 is 0 Å². The molecule has 12 heteroatoms. The number of morpholine rings is 1. The van der Waals surface area contributed by atoms with Crippen LogP contribution in [0.25, 0.3) is 6.08 Å². The van der Waals surface area contributed by atoms with E-state index in [9.17, 15) is 24.5 Å². The van der Waals surface area contributed by atoms with E-state index >= 15 is 0 Å². The molecular formula is C22H18N4O8. The lowest BCUT2D eigenvalue weighted by Gasteiger charge is -2.28. The summed E-state index contributed by atoms with van der Waals surface area (Å²) in [6.07, 6.45) is 1.22. The molecule has 174 valence electrons. The van der Waals surface area contributed by atoms with Crippen molar-refractivity contribution in [2.75, 3.05) is 42.9 Å². The van der Waals surface area contributed by atoms with Crippen LogP contribution in [0.3, 0.4) is 0 Å². The lowest BCUT2D eigenvalue weighted by atomic mass is 10.0. The summed E-state index contributed by atoms with van der Waals surface area (Å²) in [7, 11) is 0. The van der Waals surface area contributed by atoms with Gasteiger partial charge in [0, 0.05) is 25.2 Å². The fraction of sp³-hybridized carbons (Fsp3) is 0.227. The minimum absolute atomic E-state index is 0.0157. The van der Waals surface area contributed by atoms with Gasteiger partial charge in [-0.05, 0) is 29.8 Å². The number of anilines is 2. The van der Waals surface area contributed by atoms with Crippen molar-refractivity contribution < 1.29 is 33.5 Å². The molecule has 2 fully saturated rings. The molecular weight excluding hydrogens is 448 g/mol. The Balaban J connectivity index is 1.49. The number of nitrogens with one attached hydrogen (secondary N) is 1. The van der Waals surface area contributed by atoms with Crippen LogP contribution in [0.15, 0.2) is 42.0 Å². The Labute approximate surface area is 192 Å². The predicted octanol–water partition coefficient (Wildman–Crippen LogP) is 1.83. The highest BCUT2D eigenvalue weighted by Crippen LogP contribution is 2.36. The van der Waals surface area contributed by atoms with Gasteiger partial charge in [-0.1, -0.05) is 6.07 Å². The maximum absolute atomic E-state index is 13.1. The summed E-state index contributed by atoms with van der Waals surface area (Å²) in [5.41, 5.74) is 0.363. The number of nitro groups is 1. The Morgan fingerprint density at radius 2 is 1.76 bits per heavy atom. The van der Waals surface area contributed by atoms with Crippen LogP contribution in [0.2, 0.25) is 0 Å². The van der Waals surface area contributed by atoms with Crippen LogP contribution in [-0.2, 0) is 14.3 Å². The number of rotatable bonds is 4. The van der Waals surface area contributed by atoms with Crippen molar-refractivity contribution in [1.29, 1.82) is 0 Å². The van der Waals surface area contributed by atoms with Crippen LogP contribution in [0.5, 0.6) is 11.5 Å². The first kappa shape index (κ1) is 21.4. The number of urea groups is 1. The van der Waals surface area contributed by atoms with E-state index in [0.717, 1.165) is 4.90 Å². The third kappa shape index (κ3) is 3.79. The average molecular weight is 466 g/mol. The van der Waals surface area contributed by atoms with Crippen molar-refractivity contribution in [3.63, 3.8) is 0 Å². The topological polar surface area (TPSA) is 141 Å². The summed E-state index contributed by atoms with van der Waals surface area (Å²) in [5, 5.41) is 13.8. The number of hydrogen-bond donors (Lipinski definition) is 1. The van der Waals surface area contributed by atoms with Gasteiger partial charge in [0.1, 0.15) is 11.3 Å². The van der Waals surface area contributed by atoms with Crippen molar-refractivity contribution in [3.8, 4) is 11.5 Å². The van der Waals surface area contributed by atoms with Gasteiger partial charge in [0.15, 0.2) is 11.5 Å². The van der Waals surface area contributed by atoms with Gasteiger partial charge in [-0.25, -0.2) is 9.69 Å². The number of hydrogen-bond acceptors (Lipinski definition) is 9. The van der Waals surface area contributed by atoms with Crippen molar-refractivity contribution >= 4 is 41.0 Å². The molecule has 0 bridgehead atoms. The van der Waals surface area contributed by atoms with Crippen LogP contribution < -0.4 is 24.6 Å². The predicted molar refractivity (Wildman–Crippen MR) is 118 cm³/mol. The zero-order valence-corrected chi connectivity index (χ0v) is 17.7. The molecule has 0 aliphatic carbocycles. The second-order valence-electron chi connectivity index (χ2n) is 7.60. The molecule has 0 spiro atoms. The quantitative estimate of drug-likeness (QED) is 0.309. The van der Waals surface area contributed by atoms with E-state index in [1.165, 1.54) is 24.3 Å². The standard InChI is InChI=1S/C22H18N4O8/c27-20-15(9-13-1-3-16(17(10-13)26(30)31)24-5-7-32-8-6-24)21(28)25(22(29)23-20)14-2-4-18-19(11-14)34-12-33-18/h1-4,9-11H,5-8,12H2,(H,23,27,29)/b15-9+. The first-order valence-electron chi connectivity index (χ1n) is 10.3. The largest absolute Gasteiger partial charge is 0.454 e. The number of nitrogens with zero attached hydrogens (tertiary/aromatic N) is 3. The molecule has 2 aromatic carbocycles. The zero-order valence-electron chi connectivity index (χ0n) is 17.7. The van der Waals surface area contributed by atoms with E-state index in [4.69, 9.17) is 14.2 Å². The van der Waals surface area contributed by atoms with Crippen molar-refractivity contribution in [2.45, 2.75) is 0 Å². The third-order valence-corrected chi connectivity index (χ3v) is 5.57. The Bertz CT molecular complexity index is 1250. The number of benzene rings is 2. The highest BCUT2D eigenvalue weighted by molar-refractivity contribution is 6.39. The van der Waals surface area contributed by atoms with Crippen LogP contribution in [0.4, 0.5) is 21.9 Å². The van der Waals surface area contributed by atoms with Crippen molar-refractivity contribution in [1.82, 2.24) is 5.32 Å².